The molecule has 0 heterocycles. The zero-order chi connectivity index (χ0) is 10.7. The van der Waals surface area contributed by atoms with E-state index in [0.717, 1.165) is 0 Å². The van der Waals surface area contributed by atoms with E-state index >= 15 is 0 Å². The quantitative estimate of drug-likeness (QED) is 0.784. The lowest BCUT2D eigenvalue weighted by molar-refractivity contribution is -0.0498. The van der Waals surface area contributed by atoms with Gasteiger partial charge in [-0.3, -0.25) is 4.79 Å². The lowest BCUT2D eigenvalue weighted by Crippen LogP contribution is -2.03. The minimum atomic E-state index is -2.88. The SMILES string of the molecule is CC(=O)c1cc(OC(F)F)ccc1Br. The first-order valence-corrected chi connectivity index (χ1v) is 4.55. The van der Waals surface area contributed by atoms with Crippen LogP contribution >= 0.6 is 15.9 Å². The number of hydrogen-bond donors (Lipinski definition) is 0. The maximum absolute atomic E-state index is 11.8. The highest BCUT2D eigenvalue weighted by atomic mass is 79.9. The van der Waals surface area contributed by atoms with Crippen LogP contribution in [0, 0.1) is 0 Å². The standard InChI is InChI=1S/C9H7BrF2O2/c1-5(13)7-4-6(14-9(11)12)2-3-8(7)10/h2-4,9H,1H3. The molecule has 0 saturated heterocycles. The number of carbonyl (C=O) groups excluding carboxylic acids is 1. The lowest BCUT2D eigenvalue weighted by Gasteiger charge is -2.06. The lowest BCUT2D eigenvalue weighted by atomic mass is 10.1. The van der Waals surface area contributed by atoms with Gasteiger partial charge in [-0.25, -0.2) is 0 Å². The molecule has 0 unspecified atom stereocenters. The number of Topliss-reactive ketones (excluding diaryl/α,β-unsaturated/α-hetero) is 1. The highest BCUT2D eigenvalue weighted by molar-refractivity contribution is 9.10. The second-order valence-corrected chi connectivity index (χ2v) is 3.43. The normalized spacial score (nSPS) is 10.4. The van der Waals surface area contributed by atoms with Crippen molar-refractivity contribution in [1.82, 2.24) is 0 Å². The Morgan fingerprint density at radius 3 is 2.64 bits per heavy atom. The molecule has 1 rings (SSSR count). The minimum absolute atomic E-state index is 0.0200. The Kier molecular flexibility index (Phi) is 3.57. The molecule has 14 heavy (non-hydrogen) atoms. The first-order chi connectivity index (χ1) is 6.50. The largest absolute Gasteiger partial charge is 0.435 e. The summed E-state index contributed by atoms with van der Waals surface area (Å²) in [6.07, 6.45) is 0. The molecule has 0 aromatic heterocycles. The molecule has 1 aromatic rings. The van der Waals surface area contributed by atoms with Crippen molar-refractivity contribution >= 4 is 21.7 Å². The van der Waals surface area contributed by atoms with Gasteiger partial charge in [0.05, 0.1) is 0 Å². The average Bonchev–Trinajstić information content (AvgIpc) is 2.07. The molecule has 5 heteroatoms. The molecule has 0 spiro atoms. The molecule has 2 nitrogen and oxygen atoms in total. The first-order valence-electron chi connectivity index (χ1n) is 3.76. The van der Waals surface area contributed by atoms with Gasteiger partial charge in [0.25, 0.3) is 0 Å². The molecule has 0 N–H and O–H groups in total. The number of halogens is 3. The number of ether oxygens (including phenoxy) is 1. The second kappa shape index (κ2) is 4.50. The highest BCUT2D eigenvalue weighted by Gasteiger charge is 2.09. The fourth-order valence-electron chi connectivity index (χ4n) is 0.950. The van der Waals surface area contributed by atoms with E-state index in [-0.39, 0.29) is 11.5 Å². The van der Waals surface area contributed by atoms with E-state index in [9.17, 15) is 13.6 Å². The monoisotopic (exact) mass is 264 g/mol. The van der Waals surface area contributed by atoms with Crippen molar-refractivity contribution in [2.24, 2.45) is 0 Å². The smallest absolute Gasteiger partial charge is 0.387 e. The van der Waals surface area contributed by atoms with Gasteiger partial charge in [0.1, 0.15) is 5.75 Å². The van der Waals surface area contributed by atoms with E-state index < -0.39 is 6.61 Å². The van der Waals surface area contributed by atoms with Crippen LogP contribution in [-0.2, 0) is 0 Å². The third-order valence-electron chi connectivity index (χ3n) is 1.54. The number of rotatable bonds is 3. The summed E-state index contributed by atoms with van der Waals surface area (Å²) < 4.78 is 28.4. The van der Waals surface area contributed by atoms with E-state index in [4.69, 9.17) is 0 Å². The third kappa shape index (κ3) is 2.77. The van der Waals surface area contributed by atoms with Gasteiger partial charge in [-0.15, -0.1) is 0 Å². The van der Waals surface area contributed by atoms with Crippen LogP contribution in [0.5, 0.6) is 5.75 Å². The topological polar surface area (TPSA) is 26.3 Å². The van der Waals surface area contributed by atoms with Crippen LogP contribution in [0.4, 0.5) is 8.78 Å². The Morgan fingerprint density at radius 2 is 2.14 bits per heavy atom. The van der Waals surface area contributed by atoms with Crippen molar-refractivity contribution in [2.75, 3.05) is 0 Å². The maximum atomic E-state index is 11.8. The second-order valence-electron chi connectivity index (χ2n) is 2.58. The van der Waals surface area contributed by atoms with E-state index in [1.54, 1.807) is 0 Å². The molecular weight excluding hydrogens is 258 g/mol. The van der Waals surface area contributed by atoms with E-state index in [1.807, 2.05) is 0 Å². The molecule has 0 aliphatic rings. The van der Waals surface area contributed by atoms with Gasteiger partial charge < -0.3 is 4.74 Å². The summed E-state index contributed by atoms with van der Waals surface area (Å²) in [6.45, 7) is -1.53. The molecule has 0 amide bonds. The Balaban J connectivity index is 3.00. The number of alkyl halides is 2. The predicted molar refractivity (Wildman–Crippen MR) is 50.8 cm³/mol. The fourth-order valence-corrected chi connectivity index (χ4v) is 1.48. The molecule has 76 valence electrons. The van der Waals surface area contributed by atoms with Crippen LogP contribution in [-0.4, -0.2) is 12.4 Å². The molecule has 0 fully saturated rings. The minimum Gasteiger partial charge on any atom is -0.435 e. The average molecular weight is 265 g/mol. The van der Waals surface area contributed by atoms with E-state index in [0.29, 0.717) is 10.0 Å². The summed E-state index contributed by atoms with van der Waals surface area (Å²) in [5, 5.41) is 0. The van der Waals surface area contributed by atoms with Crippen LogP contribution in [0.2, 0.25) is 0 Å². The van der Waals surface area contributed by atoms with Crippen LogP contribution in [0.3, 0.4) is 0 Å². The van der Waals surface area contributed by atoms with E-state index in [2.05, 4.69) is 20.7 Å². The van der Waals surface area contributed by atoms with Gasteiger partial charge in [0, 0.05) is 10.0 Å². The Hall–Kier alpha value is -0.970. The number of benzene rings is 1. The first kappa shape index (κ1) is 11.1. The van der Waals surface area contributed by atoms with Crippen molar-refractivity contribution in [1.29, 1.82) is 0 Å². The molecule has 0 atom stereocenters. The Morgan fingerprint density at radius 1 is 1.50 bits per heavy atom. The molecule has 0 saturated carbocycles. The van der Waals surface area contributed by atoms with Gasteiger partial charge in [0.15, 0.2) is 5.78 Å². The van der Waals surface area contributed by atoms with Crippen molar-refractivity contribution in [3.63, 3.8) is 0 Å². The summed E-state index contributed by atoms with van der Waals surface area (Å²) in [5.74, 6) is -0.231. The van der Waals surface area contributed by atoms with Gasteiger partial charge >= 0.3 is 6.61 Å². The zero-order valence-electron chi connectivity index (χ0n) is 7.26. The molecule has 0 aliphatic carbocycles. The van der Waals surface area contributed by atoms with Crippen molar-refractivity contribution < 1.29 is 18.3 Å². The zero-order valence-corrected chi connectivity index (χ0v) is 8.85. The van der Waals surface area contributed by atoms with Gasteiger partial charge in [-0.2, -0.15) is 8.78 Å². The Labute approximate surface area is 88.0 Å². The molecule has 1 aromatic carbocycles. The van der Waals surface area contributed by atoms with Crippen molar-refractivity contribution in [2.45, 2.75) is 13.5 Å². The fraction of sp³-hybridized carbons (Fsp3) is 0.222. The summed E-state index contributed by atoms with van der Waals surface area (Å²) >= 11 is 3.13. The van der Waals surface area contributed by atoms with Crippen LogP contribution in [0.15, 0.2) is 22.7 Å². The van der Waals surface area contributed by atoms with Crippen LogP contribution in [0.25, 0.3) is 0 Å². The predicted octanol–water partition coefficient (Wildman–Crippen LogP) is 3.25. The third-order valence-corrected chi connectivity index (χ3v) is 2.23. The number of ketones is 1. The number of carbonyl (C=O) groups is 1. The summed E-state index contributed by atoms with van der Waals surface area (Å²) in [5.41, 5.74) is 0.322. The Bertz CT molecular complexity index is 353. The molecular formula is C9H7BrF2O2. The van der Waals surface area contributed by atoms with Crippen molar-refractivity contribution in [3.05, 3.63) is 28.2 Å². The van der Waals surface area contributed by atoms with Crippen molar-refractivity contribution in [3.8, 4) is 5.75 Å². The van der Waals surface area contributed by atoms with Crippen LogP contribution in [0.1, 0.15) is 17.3 Å². The molecule has 0 aliphatic heterocycles. The van der Waals surface area contributed by atoms with Gasteiger partial charge in [0.2, 0.25) is 0 Å². The van der Waals surface area contributed by atoms with Crippen LogP contribution < -0.4 is 4.74 Å². The number of hydrogen-bond acceptors (Lipinski definition) is 2. The summed E-state index contributed by atoms with van der Waals surface area (Å²) in [6, 6.07) is 4.13. The van der Waals surface area contributed by atoms with E-state index in [1.165, 1.54) is 25.1 Å². The maximum Gasteiger partial charge on any atom is 0.387 e. The van der Waals surface area contributed by atoms with Gasteiger partial charge in [-0.1, -0.05) is 15.9 Å². The highest BCUT2D eigenvalue weighted by Crippen LogP contribution is 2.23. The summed E-state index contributed by atoms with van der Waals surface area (Å²) in [7, 11) is 0. The summed E-state index contributed by atoms with van der Waals surface area (Å²) in [4.78, 5) is 11.0. The van der Waals surface area contributed by atoms with Gasteiger partial charge in [-0.05, 0) is 25.1 Å². The molecule has 0 radical (unpaired) electrons. The molecule has 0 bridgehead atoms.